The number of anilines is 2. The van der Waals surface area contributed by atoms with E-state index < -0.39 is 40.7 Å². The molecule has 0 aromatic heterocycles. The first-order chi connectivity index (χ1) is 31.1. The Morgan fingerprint density at radius 3 is 2.42 bits per heavy atom. The van der Waals surface area contributed by atoms with Gasteiger partial charge in [-0.1, -0.05) is 86.4 Å². The average Bonchev–Trinajstić information content (AvgIpc) is 3.88. The van der Waals surface area contributed by atoms with Gasteiger partial charge in [0, 0.05) is 64.2 Å². The highest BCUT2D eigenvalue weighted by molar-refractivity contribution is 6.31. The Bertz CT molecular complexity index is 2630. The van der Waals surface area contributed by atoms with Crippen molar-refractivity contribution in [2.75, 3.05) is 17.2 Å². The average molecular weight is 920 g/mol. The molecule has 2 saturated heterocycles. The minimum atomic E-state index is -1.38. The molecule has 5 N–H and O–H groups in total. The maximum absolute atomic E-state index is 16.4. The van der Waals surface area contributed by atoms with E-state index in [1.807, 2.05) is 23.1 Å². The lowest BCUT2D eigenvalue weighted by Crippen LogP contribution is -2.61. The van der Waals surface area contributed by atoms with Gasteiger partial charge in [0.1, 0.15) is 17.3 Å². The van der Waals surface area contributed by atoms with Gasteiger partial charge in [0.2, 0.25) is 23.6 Å². The number of benzene rings is 4. The molecule has 14 heteroatoms. The zero-order valence-corrected chi connectivity index (χ0v) is 38.1. The third kappa shape index (κ3) is 7.91. The molecule has 4 atom stereocenters. The van der Waals surface area contributed by atoms with E-state index in [1.54, 1.807) is 48.5 Å². The highest BCUT2D eigenvalue weighted by Crippen LogP contribution is 2.64. The zero-order valence-electron chi connectivity index (χ0n) is 36.6. The highest BCUT2D eigenvalue weighted by Gasteiger charge is 2.73. The van der Waals surface area contributed by atoms with E-state index in [2.05, 4.69) is 53.1 Å². The summed E-state index contributed by atoms with van der Waals surface area (Å²) in [6, 6.07) is 21.3. The number of hydrogen-bond donors (Lipinski definition) is 5. The number of nitrogens with one attached hydrogen (secondary N) is 5. The minimum absolute atomic E-state index is 0.00320. The van der Waals surface area contributed by atoms with E-state index in [0.29, 0.717) is 66.3 Å². The fraction of sp³-hybridized carbons (Fsp3) is 0.392. The highest BCUT2D eigenvalue weighted by atomic mass is 35.5. The SMILES string of the molecule is C=C1c2cccc(CCCCCNC(=O)c3ccc(NC(=O)[C@@H]4NC5(CCC(C)(C)CC5)[C@@]5(C(=O)Nc6cc(Cl)ccc65)[C@H]4c4cccc(Cl)c4F)cc3)c2CN1C1CCC(=O)NC1=O. The molecule has 3 fully saturated rings. The van der Waals surface area contributed by atoms with Gasteiger partial charge < -0.3 is 20.9 Å². The van der Waals surface area contributed by atoms with Crippen LogP contribution in [0.1, 0.15) is 116 Å². The summed E-state index contributed by atoms with van der Waals surface area (Å²) in [4.78, 5) is 69.0. The molecular formula is C51H53Cl2FN6O5. The Kier molecular flexibility index (Phi) is 11.9. The molecule has 4 heterocycles. The number of carbonyl (C=O) groups excluding carboxylic acids is 5. The summed E-state index contributed by atoms with van der Waals surface area (Å²) in [5, 5.41) is 15.6. The summed E-state index contributed by atoms with van der Waals surface area (Å²) in [7, 11) is 0. The van der Waals surface area contributed by atoms with Gasteiger partial charge >= 0.3 is 0 Å². The molecule has 5 aliphatic rings. The van der Waals surface area contributed by atoms with Crippen LogP contribution in [0.2, 0.25) is 10.0 Å². The van der Waals surface area contributed by atoms with Crippen molar-refractivity contribution in [2.45, 2.75) is 114 Å². The van der Waals surface area contributed by atoms with Crippen molar-refractivity contribution in [2.24, 2.45) is 5.41 Å². The van der Waals surface area contributed by atoms with Crippen LogP contribution in [-0.4, -0.2) is 58.6 Å². The second-order valence-corrected chi connectivity index (χ2v) is 19.9. The van der Waals surface area contributed by atoms with E-state index in [9.17, 15) is 24.0 Å². The quantitative estimate of drug-likeness (QED) is 0.0747. The minimum Gasteiger partial charge on any atom is -0.355 e. The van der Waals surface area contributed by atoms with E-state index in [1.165, 1.54) is 17.2 Å². The summed E-state index contributed by atoms with van der Waals surface area (Å²) >= 11 is 12.9. The number of aryl methyl sites for hydroxylation is 1. The second kappa shape index (κ2) is 17.3. The van der Waals surface area contributed by atoms with Crippen LogP contribution < -0.4 is 26.6 Å². The predicted molar refractivity (Wildman–Crippen MR) is 250 cm³/mol. The molecule has 4 aromatic carbocycles. The summed E-state index contributed by atoms with van der Waals surface area (Å²) in [5.74, 6) is -3.17. The normalized spacial score (nSPS) is 23.9. The van der Waals surface area contributed by atoms with E-state index in [4.69, 9.17) is 23.2 Å². The van der Waals surface area contributed by atoms with Crippen molar-refractivity contribution >= 4 is 69.8 Å². The van der Waals surface area contributed by atoms with Crippen LogP contribution in [-0.2, 0) is 37.6 Å². The number of rotatable bonds is 11. The third-order valence-corrected chi connectivity index (χ3v) is 15.3. The van der Waals surface area contributed by atoms with Gasteiger partial charge in [0.15, 0.2) is 0 Å². The molecule has 1 unspecified atom stereocenters. The van der Waals surface area contributed by atoms with E-state index in [-0.39, 0.29) is 39.6 Å². The lowest BCUT2D eigenvalue weighted by Gasteiger charge is -2.50. The number of nitrogens with zero attached hydrogens (tertiary/aromatic N) is 1. The zero-order chi connectivity index (χ0) is 45.8. The van der Waals surface area contributed by atoms with Crippen molar-refractivity contribution < 1.29 is 28.4 Å². The molecule has 1 aliphatic carbocycles. The molecule has 1 saturated carbocycles. The number of piperidine rings is 1. The molecule has 0 radical (unpaired) electrons. The van der Waals surface area contributed by atoms with Gasteiger partial charge in [-0.2, -0.15) is 0 Å². The number of imide groups is 1. The molecule has 338 valence electrons. The molecule has 5 amide bonds. The topological polar surface area (TPSA) is 149 Å². The van der Waals surface area contributed by atoms with Crippen molar-refractivity contribution in [3.8, 4) is 0 Å². The lowest BCUT2D eigenvalue weighted by atomic mass is 9.53. The molecular weight excluding hydrogens is 867 g/mol. The fourth-order valence-electron chi connectivity index (χ4n) is 11.3. The van der Waals surface area contributed by atoms with E-state index in [0.717, 1.165) is 49.8 Å². The van der Waals surface area contributed by atoms with Crippen LogP contribution >= 0.6 is 23.2 Å². The predicted octanol–water partition coefficient (Wildman–Crippen LogP) is 8.79. The smallest absolute Gasteiger partial charge is 0.251 e. The first-order valence-corrected chi connectivity index (χ1v) is 23.3. The molecule has 0 bridgehead atoms. The maximum Gasteiger partial charge on any atom is 0.251 e. The number of unbranched alkanes of at least 4 members (excludes halogenated alkanes) is 2. The summed E-state index contributed by atoms with van der Waals surface area (Å²) < 4.78 is 16.4. The van der Waals surface area contributed by atoms with Crippen LogP contribution in [0.5, 0.6) is 0 Å². The number of halogens is 3. The molecule has 2 spiro atoms. The molecule has 65 heavy (non-hydrogen) atoms. The van der Waals surface area contributed by atoms with Crippen LogP contribution in [0.3, 0.4) is 0 Å². The first-order valence-electron chi connectivity index (χ1n) is 22.5. The summed E-state index contributed by atoms with van der Waals surface area (Å²) in [6.45, 7) is 9.74. The Labute approximate surface area is 388 Å². The van der Waals surface area contributed by atoms with Crippen LogP contribution in [0.15, 0.2) is 85.4 Å². The fourth-order valence-corrected chi connectivity index (χ4v) is 11.6. The van der Waals surface area contributed by atoms with Crippen molar-refractivity contribution in [1.29, 1.82) is 0 Å². The maximum atomic E-state index is 16.4. The van der Waals surface area contributed by atoms with Crippen molar-refractivity contribution in [1.82, 2.24) is 20.9 Å². The van der Waals surface area contributed by atoms with Crippen LogP contribution in [0.25, 0.3) is 5.70 Å². The van der Waals surface area contributed by atoms with Gasteiger partial charge in [0.25, 0.3) is 5.91 Å². The molecule has 9 rings (SSSR count). The van der Waals surface area contributed by atoms with Gasteiger partial charge in [-0.25, -0.2) is 4.39 Å². The summed E-state index contributed by atoms with van der Waals surface area (Å²) in [6.07, 6.45) is 6.92. The van der Waals surface area contributed by atoms with Gasteiger partial charge in [-0.3, -0.25) is 34.6 Å². The van der Waals surface area contributed by atoms with Crippen molar-refractivity contribution in [3.05, 3.63) is 135 Å². The molecule has 4 aromatic rings. The largest absolute Gasteiger partial charge is 0.355 e. The number of fused-ring (bicyclic) bond motifs is 4. The molecule has 4 aliphatic heterocycles. The first kappa shape index (κ1) is 44.6. The Morgan fingerprint density at radius 1 is 0.908 bits per heavy atom. The van der Waals surface area contributed by atoms with Gasteiger partial charge in [-0.05, 0) is 121 Å². The summed E-state index contributed by atoms with van der Waals surface area (Å²) in [5.41, 5.74) is 4.20. The number of hydrogen-bond acceptors (Lipinski definition) is 7. The van der Waals surface area contributed by atoms with E-state index >= 15 is 4.39 Å². The Hall–Kier alpha value is -5.56. The standard InChI is InChI=1S/C51H53Cl2FN6O5/c1-29-34-11-7-10-30(36(34)28-60(29)40-20-21-41(61)58-46(40)63)9-5-4-6-26-55-45(62)31-14-17-33(18-15-31)56-47(64)44-42(35-12-8-13-38(53)43(35)54)51(50(59-44)24-22-49(2,3)23-25-50)37-19-16-32(52)27-39(37)57-48(51)65/h7-8,10-19,27,40,42,44,59H,1,4-6,9,20-26,28H2,2-3H3,(H,55,62)(H,56,64)(H,57,65)(H,58,61,63)/t40?,42-,44+,51+/m0/s1. The Balaban J connectivity index is 0.850. The lowest BCUT2D eigenvalue weighted by molar-refractivity contribution is -0.136. The molecule has 11 nitrogen and oxygen atoms in total. The van der Waals surface area contributed by atoms with Crippen molar-refractivity contribution in [3.63, 3.8) is 0 Å². The number of amides is 5. The van der Waals surface area contributed by atoms with Crippen LogP contribution in [0, 0.1) is 11.2 Å². The monoisotopic (exact) mass is 918 g/mol. The third-order valence-electron chi connectivity index (χ3n) is 14.7. The van der Waals surface area contributed by atoms with Gasteiger partial charge in [-0.15, -0.1) is 0 Å². The second-order valence-electron chi connectivity index (χ2n) is 19.1. The Morgan fingerprint density at radius 2 is 1.66 bits per heavy atom. The number of carbonyl (C=O) groups is 5. The van der Waals surface area contributed by atoms with Crippen LogP contribution in [0.4, 0.5) is 15.8 Å². The van der Waals surface area contributed by atoms with Gasteiger partial charge in [0.05, 0.1) is 11.1 Å².